The smallest absolute Gasteiger partial charge is 0.195 e. The Morgan fingerprint density at radius 2 is 0.871 bits per heavy atom. The topological polar surface area (TPSA) is 34.1 Å². The third kappa shape index (κ3) is 3.65. The molecule has 0 saturated carbocycles. The summed E-state index contributed by atoms with van der Waals surface area (Å²) in [7, 11) is 0. The Morgan fingerprint density at radius 3 is 1.35 bits per heavy atom. The fourth-order valence-corrected chi connectivity index (χ4v) is 5.79. The van der Waals surface area contributed by atoms with Crippen molar-refractivity contribution in [2.75, 3.05) is 0 Å². The molecule has 0 amide bonds. The summed E-state index contributed by atoms with van der Waals surface area (Å²) in [5.74, 6) is 0. The average molecular weight is 439 g/mol. The molecule has 4 heteroatoms. The molecule has 150 valence electrons. The minimum absolute atomic E-state index is 0.139. The number of rotatable bonds is 0. The molecule has 0 spiro atoms. The standard InChI is InChI=1S/C14H10OS.C13H8OS/c1-9-6-7-13-11(8-9)14(15)10-4-2-3-5-12(10)16-13;14-13-9-5-1-3-7-11(9)15-12-8-4-2-6-10(12)13/h2-8H,1H3;1-8H. The molecule has 4 aromatic carbocycles. The van der Waals surface area contributed by atoms with Crippen molar-refractivity contribution in [2.45, 2.75) is 6.92 Å². The van der Waals surface area contributed by atoms with E-state index in [1.807, 2.05) is 97.9 Å². The van der Waals surface area contributed by atoms with Crippen molar-refractivity contribution in [3.05, 3.63) is 117 Å². The third-order valence-electron chi connectivity index (χ3n) is 5.21. The minimum Gasteiger partial charge on any atom is -0.289 e. The summed E-state index contributed by atoms with van der Waals surface area (Å²) in [5.41, 5.74) is 1.42. The van der Waals surface area contributed by atoms with E-state index in [1.54, 1.807) is 22.7 Å². The maximum atomic E-state index is 12.2. The molecule has 0 unspecified atom stereocenters. The molecule has 0 saturated heterocycles. The zero-order chi connectivity index (χ0) is 21.4. The molecule has 0 bridgehead atoms. The van der Waals surface area contributed by atoms with Crippen LogP contribution in [0.4, 0.5) is 0 Å². The zero-order valence-corrected chi connectivity index (χ0v) is 18.4. The van der Waals surface area contributed by atoms with Gasteiger partial charge in [0.25, 0.3) is 0 Å². The number of aryl methyl sites for hydroxylation is 1. The highest BCUT2D eigenvalue weighted by Crippen LogP contribution is 2.25. The van der Waals surface area contributed by atoms with Crippen LogP contribution < -0.4 is 10.9 Å². The molecular weight excluding hydrogens is 420 g/mol. The van der Waals surface area contributed by atoms with Crippen molar-refractivity contribution in [3.8, 4) is 0 Å². The van der Waals surface area contributed by atoms with E-state index in [9.17, 15) is 9.59 Å². The first-order valence-electron chi connectivity index (χ1n) is 9.94. The summed E-state index contributed by atoms with van der Waals surface area (Å²) in [6.45, 7) is 2.01. The van der Waals surface area contributed by atoms with Crippen LogP contribution in [-0.4, -0.2) is 0 Å². The lowest BCUT2D eigenvalue weighted by Gasteiger charge is -2.01. The van der Waals surface area contributed by atoms with Gasteiger partial charge in [-0.15, -0.1) is 22.7 Å². The van der Waals surface area contributed by atoms with Crippen LogP contribution in [-0.2, 0) is 0 Å². The first kappa shape index (κ1) is 19.6. The van der Waals surface area contributed by atoms with Gasteiger partial charge in [0.15, 0.2) is 10.9 Å². The van der Waals surface area contributed by atoms with Crippen LogP contribution in [0.5, 0.6) is 0 Å². The fourth-order valence-electron chi connectivity index (χ4n) is 3.67. The highest BCUT2D eigenvalue weighted by molar-refractivity contribution is 7.24. The van der Waals surface area contributed by atoms with Gasteiger partial charge < -0.3 is 0 Å². The maximum Gasteiger partial charge on any atom is 0.195 e. The Morgan fingerprint density at radius 1 is 0.484 bits per heavy atom. The second-order valence-electron chi connectivity index (χ2n) is 7.35. The van der Waals surface area contributed by atoms with Gasteiger partial charge in [-0.05, 0) is 55.5 Å². The Labute approximate surface area is 186 Å². The normalized spacial score (nSPS) is 11.0. The number of hydrogen-bond donors (Lipinski definition) is 0. The van der Waals surface area contributed by atoms with Gasteiger partial charge in [-0.25, -0.2) is 0 Å². The molecule has 0 aliphatic rings. The largest absolute Gasteiger partial charge is 0.289 e. The summed E-state index contributed by atoms with van der Waals surface area (Å²) < 4.78 is 4.24. The number of benzene rings is 4. The van der Waals surface area contributed by atoms with E-state index in [0.717, 1.165) is 45.9 Å². The van der Waals surface area contributed by atoms with E-state index < -0.39 is 0 Å². The summed E-state index contributed by atoms with van der Waals surface area (Å²) in [6.07, 6.45) is 0. The first-order chi connectivity index (χ1) is 15.1. The lowest BCUT2D eigenvalue weighted by Crippen LogP contribution is -2.00. The zero-order valence-electron chi connectivity index (χ0n) is 16.8. The summed E-state index contributed by atoms with van der Waals surface area (Å²) in [6, 6.07) is 29.4. The van der Waals surface area contributed by atoms with Gasteiger partial charge in [-0.1, -0.05) is 48.0 Å². The van der Waals surface area contributed by atoms with Crippen LogP contribution in [0, 0.1) is 6.92 Å². The molecule has 2 heterocycles. The van der Waals surface area contributed by atoms with Gasteiger partial charge >= 0.3 is 0 Å². The fraction of sp³-hybridized carbons (Fsp3) is 0.0370. The van der Waals surface area contributed by atoms with E-state index in [0.29, 0.717) is 0 Å². The Hall–Kier alpha value is -3.34. The molecule has 6 aromatic rings. The van der Waals surface area contributed by atoms with Crippen LogP contribution in [0.15, 0.2) is 101 Å². The van der Waals surface area contributed by atoms with E-state index in [1.165, 1.54) is 0 Å². The Bertz CT molecular complexity index is 1640. The molecule has 31 heavy (non-hydrogen) atoms. The van der Waals surface area contributed by atoms with Gasteiger partial charge in [0.05, 0.1) is 0 Å². The lowest BCUT2D eigenvalue weighted by molar-refractivity contribution is 1.51. The highest BCUT2D eigenvalue weighted by Gasteiger charge is 2.05. The number of hydrogen-bond acceptors (Lipinski definition) is 4. The predicted molar refractivity (Wildman–Crippen MR) is 136 cm³/mol. The average Bonchev–Trinajstić information content (AvgIpc) is 2.81. The molecule has 0 aliphatic carbocycles. The van der Waals surface area contributed by atoms with Crippen molar-refractivity contribution in [2.24, 2.45) is 0 Å². The molecule has 0 atom stereocenters. The quantitative estimate of drug-likeness (QED) is 0.236. The second kappa shape index (κ2) is 8.06. The van der Waals surface area contributed by atoms with Crippen LogP contribution >= 0.6 is 22.7 Å². The van der Waals surface area contributed by atoms with Gasteiger partial charge in [0.2, 0.25) is 0 Å². The van der Waals surface area contributed by atoms with E-state index in [-0.39, 0.29) is 10.9 Å². The molecule has 0 fully saturated rings. The Kier molecular flexibility index (Phi) is 5.10. The molecule has 0 radical (unpaired) electrons. The molecule has 0 N–H and O–H groups in total. The highest BCUT2D eigenvalue weighted by atomic mass is 32.1. The van der Waals surface area contributed by atoms with Crippen molar-refractivity contribution >= 4 is 63.0 Å². The predicted octanol–water partition coefficient (Wildman–Crippen LogP) is 7.14. The summed E-state index contributed by atoms with van der Waals surface area (Å²) in [4.78, 5) is 24.3. The monoisotopic (exact) mass is 438 g/mol. The summed E-state index contributed by atoms with van der Waals surface area (Å²) in [5, 5.41) is 3.30. The molecule has 2 aromatic heterocycles. The van der Waals surface area contributed by atoms with Gasteiger partial charge in [0.1, 0.15) is 0 Å². The SMILES string of the molecule is Cc1ccc2sc3ccccc3c(=O)c2c1.O=c1c2ccccc2sc2ccccc12. The van der Waals surface area contributed by atoms with Crippen molar-refractivity contribution < 1.29 is 0 Å². The molecule has 2 nitrogen and oxygen atoms in total. The van der Waals surface area contributed by atoms with Crippen LogP contribution in [0.25, 0.3) is 40.3 Å². The van der Waals surface area contributed by atoms with E-state index in [2.05, 4.69) is 0 Å². The van der Waals surface area contributed by atoms with E-state index >= 15 is 0 Å². The van der Waals surface area contributed by atoms with Crippen molar-refractivity contribution in [3.63, 3.8) is 0 Å². The van der Waals surface area contributed by atoms with Crippen LogP contribution in [0.2, 0.25) is 0 Å². The van der Waals surface area contributed by atoms with Gasteiger partial charge in [0, 0.05) is 40.3 Å². The Balaban J connectivity index is 0.000000132. The van der Waals surface area contributed by atoms with Gasteiger partial charge in [-0.2, -0.15) is 0 Å². The van der Waals surface area contributed by atoms with Crippen LogP contribution in [0.3, 0.4) is 0 Å². The number of fused-ring (bicyclic) bond motifs is 4. The lowest BCUT2D eigenvalue weighted by atomic mass is 10.1. The van der Waals surface area contributed by atoms with Crippen molar-refractivity contribution in [1.29, 1.82) is 0 Å². The van der Waals surface area contributed by atoms with E-state index in [4.69, 9.17) is 0 Å². The third-order valence-corrected chi connectivity index (χ3v) is 7.52. The maximum absolute atomic E-state index is 12.2. The van der Waals surface area contributed by atoms with Crippen LogP contribution in [0.1, 0.15) is 5.56 Å². The molecule has 6 rings (SSSR count). The molecule has 0 aliphatic heterocycles. The molecular formula is C27H18O2S2. The minimum atomic E-state index is 0.139. The first-order valence-corrected chi connectivity index (χ1v) is 11.6. The second-order valence-corrected chi connectivity index (χ2v) is 9.52. The van der Waals surface area contributed by atoms with Crippen molar-refractivity contribution in [1.82, 2.24) is 0 Å². The summed E-state index contributed by atoms with van der Waals surface area (Å²) >= 11 is 3.34. The van der Waals surface area contributed by atoms with Gasteiger partial charge in [-0.3, -0.25) is 9.59 Å².